The summed E-state index contributed by atoms with van der Waals surface area (Å²) in [5, 5.41) is 16.4. The zero-order chi connectivity index (χ0) is 22.8. The number of aromatic nitrogens is 5. The molecule has 1 aliphatic heterocycles. The fraction of sp³-hybridized carbons (Fsp3) is 0.280. The number of aryl methyl sites for hydroxylation is 1. The summed E-state index contributed by atoms with van der Waals surface area (Å²) >= 11 is 0. The molecule has 4 aromatic rings. The van der Waals surface area contributed by atoms with E-state index in [2.05, 4.69) is 69.7 Å². The molecule has 0 amide bonds. The van der Waals surface area contributed by atoms with E-state index >= 15 is 0 Å². The molecule has 0 bridgehead atoms. The van der Waals surface area contributed by atoms with Crippen molar-refractivity contribution in [1.82, 2.24) is 25.6 Å². The lowest BCUT2D eigenvalue weighted by Crippen LogP contribution is -2.47. The molecular weight excluding hydrogens is 412 g/mol. The quantitative estimate of drug-likeness (QED) is 0.409. The molecule has 0 spiro atoms. The van der Waals surface area contributed by atoms with Crippen LogP contribution < -0.4 is 15.8 Å². The van der Waals surface area contributed by atoms with Gasteiger partial charge in [0.05, 0.1) is 5.69 Å². The zero-order valence-electron chi connectivity index (χ0n) is 18.9. The largest absolute Gasteiger partial charge is 0.329 e. The highest BCUT2D eigenvalue weighted by atomic mass is 15.6. The van der Waals surface area contributed by atoms with Gasteiger partial charge in [0.2, 0.25) is 5.82 Å². The smallest absolute Gasteiger partial charge is 0.205 e. The number of hydrogen-bond donors (Lipinski definition) is 2. The maximum Gasteiger partial charge on any atom is 0.205 e. The number of pyridine rings is 1. The van der Waals surface area contributed by atoms with Gasteiger partial charge >= 0.3 is 0 Å². The Bertz CT molecular complexity index is 1220. The summed E-state index contributed by atoms with van der Waals surface area (Å²) in [4.78, 5) is 7.03. The molecule has 0 radical (unpaired) electrons. The van der Waals surface area contributed by atoms with Crippen molar-refractivity contribution < 1.29 is 0 Å². The Kier molecular flexibility index (Phi) is 5.75. The third kappa shape index (κ3) is 3.93. The topological polar surface area (TPSA) is 99.9 Å². The molecule has 5 rings (SSSR count). The summed E-state index contributed by atoms with van der Waals surface area (Å²) in [7, 11) is 0. The molecule has 1 atom stereocenters. The molecule has 1 unspecified atom stereocenters. The fourth-order valence-electron chi connectivity index (χ4n) is 4.56. The molecule has 168 valence electrons. The van der Waals surface area contributed by atoms with E-state index in [1.165, 1.54) is 5.56 Å². The van der Waals surface area contributed by atoms with Crippen molar-refractivity contribution in [3.63, 3.8) is 0 Å². The Morgan fingerprint density at radius 3 is 2.55 bits per heavy atom. The highest BCUT2D eigenvalue weighted by Gasteiger charge is 2.36. The lowest BCUT2D eigenvalue weighted by Gasteiger charge is -2.30. The van der Waals surface area contributed by atoms with Crippen molar-refractivity contribution in [2.45, 2.75) is 45.8 Å². The SMILES string of the molecule is CCCCC1N(N)c2c(C)ccnc2N1Cc1ccc(-c2ccccc2-c2nn[nH]n2)cc1. The molecule has 2 aromatic carbocycles. The van der Waals surface area contributed by atoms with Gasteiger partial charge in [0.1, 0.15) is 6.17 Å². The number of hydrazine groups is 1. The molecule has 8 heteroatoms. The number of hydrogen-bond acceptors (Lipinski definition) is 7. The Morgan fingerprint density at radius 1 is 1.03 bits per heavy atom. The molecule has 33 heavy (non-hydrogen) atoms. The number of benzene rings is 2. The number of aromatic amines is 1. The number of nitrogens with one attached hydrogen (secondary N) is 1. The van der Waals surface area contributed by atoms with E-state index in [4.69, 9.17) is 10.8 Å². The molecule has 8 nitrogen and oxygen atoms in total. The second-order valence-electron chi connectivity index (χ2n) is 8.44. The number of anilines is 2. The van der Waals surface area contributed by atoms with Gasteiger partial charge in [-0.25, -0.2) is 10.8 Å². The Hall–Kier alpha value is -3.78. The van der Waals surface area contributed by atoms with Crippen molar-refractivity contribution in [3.8, 4) is 22.5 Å². The van der Waals surface area contributed by atoms with Crippen LogP contribution in [0.3, 0.4) is 0 Å². The molecular formula is C25H28N8. The fourth-order valence-corrected chi connectivity index (χ4v) is 4.56. The maximum absolute atomic E-state index is 6.57. The van der Waals surface area contributed by atoms with Crippen molar-refractivity contribution in [2.24, 2.45) is 5.84 Å². The van der Waals surface area contributed by atoms with Crippen molar-refractivity contribution in [2.75, 3.05) is 9.91 Å². The normalized spacial score (nSPS) is 15.2. The van der Waals surface area contributed by atoms with Gasteiger partial charge in [-0.15, -0.1) is 10.2 Å². The monoisotopic (exact) mass is 440 g/mol. The molecule has 3 heterocycles. The van der Waals surface area contributed by atoms with Crippen LogP contribution >= 0.6 is 0 Å². The summed E-state index contributed by atoms with van der Waals surface area (Å²) < 4.78 is 0. The first-order valence-electron chi connectivity index (χ1n) is 11.4. The minimum absolute atomic E-state index is 0.104. The molecule has 0 saturated carbocycles. The summed E-state index contributed by atoms with van der Waals surface area (Å²) in [6.45, 7) is 5.05. The summed E-state index contributed by atoms with van der Waals surface area (Å²) in [5.41, 5.74) is 6.53. The maximum atomic E-state index is 6.57. The van der Waals surface area contributed by atoms with Gasteiger partial charge in [0, 0.05) is 18.3 Å². The second-order valence-corrected chi connectivity index (χ2v) is 8.44. The van der Waals surface area contributed by atoms with Crippen LogP contribution in [-0.2, 0) is 6.54 Å². The number of rotatable bonds is 7. The van der Waals surface area contributed by atoms with Crippen LogP contribution in [-0.4, -0.2) is 31.8 Å². The third-order valence-electron chi connectivity index (χ3n) is 6.26. The first-order chi connectivity index (χ1) is 16.2. The lowest BCUT2D eigenvalue weighted by molar-refractivity contribution is 0.521. The van der Waals surface area contributed by atoms with Crippen LogP contribution in [0.25, 0.3) is 22.5 Å². The summed E-state index contributed by atoms with van der Waals surface area (Å²) in [6.07, 6.45) is 5.23. The standard InChI is InChI=1S/C25H28N8/c1-3-4-9-22-32(25-23(33(22)26)17(2)14-15-27-25)16-18-10-12-19(13-11-18)20-7-5-6-8-21(20)24-28-30-31-29-24/h5-8,10-15,22H,3-4,9,16,26H2,1-2H3,(H,28,29,30,31). The van der Waals surface area contributed by atoms with E-state index in [9.17, 15) is 0 Å². The van der Waals surface area contributed by atoms with Crippen LogP contribution in [0.4, 0.5) is 11.5 Å². The highest BCUT2D eigenvalue weighted by Crippen LogP contribution is 2.40. The van der Waals surface area contributed by atoms with Crippen LogP contribution in [0, 0.1) is 6.92 Å². The van der Waals surface area contributed by atoms with Crippen LogP contribution in [0.15, 0.2) is 60.8 Å². The average Bonchev–Trinajstić information content (AvgIpc) is 3.46. The van der Waals surface area contributed by atoms with E-state index in [0.29, 0.717) is 5.82 Å². The summed E-state index contributed by atoms with van der Waals surface area (Å²) in [5.74, 6) is 8.12. The average molecular weight is 441 g/mol. The van der Waals surface area contributed by atoms with Gasteiger partial charge in [0.25, 0.3) is 0 Å². The van der Waals surface area contributed by atoms with Gasteiger partial charge in [-0.05, 0) is 53.3 Å². The van der Waals surface area contributed by atoms with Gasteiger partial charge < -0.3 is 4.90 Å². The Labute approximate surface area is 193 Å². The molecule has 0 saturated heterocycles. The van der Waals surface area contributed by atoms with Crippen LogP contribution in [0.1, 0.15) is 37.3 Å². The highest BCUT2D eigenvalue weighted by molar-refractivity contribution is 5.80. The predicted molar refractivity (Wildman–Crippen MR) is 130 cm³/mol. The number of nitrogens with zero attached hydrogens (tertiary/aromatic N) is 6. The van der Waals surface area contributed by atoms with Gasteiger partial charge in [0.15, 0.2) is 5.82 Å². The van der Waals surface area contributed by atoms with Crippen molar-refractivity contribution >= 4 is 11.5 Å². The predicted octanol–water partition coefficient (Wildman–Crippen LogP) is 4.45. The molecule has 0 aliphatic carbocycles. The van der Waals surface area contributed by atoms with Crippen LogP contribution in [0.5, 0.6) is 0 Å². The molecule has 3 N–H and O–H groups in total. The molecule has 0 fully saturated rings. The van der Waals surface area contributed by atoms with E-state index < -0.39 is 0 Å². The van der Waals surface area contributed by atoms with E-state index in [0.717, 1.165) is 59.6 Å². The van der Waals surface area contributed by atoms with Gasteiger partial charge in [-0.2, -0.15) is 5.21 Å². The van der Waals surface area contributed by atoms with E-state index in [-0.39, 0.29) is 6.17 Å². The Morgan fingerprint density at radius 2 is 1.82 bits per heavy atom. The second kappa shape index (κ2) is 8.99. The number of tetrazole rings is 1. The molecule has 1 aliphatic rings. The number of fused-ring (bicyclic) bond motifs is 1. The van der Waals surface area contributed by atoms with Crippen molar-refractivity contribution in [3.05, 3.63) is 71.9 Å². The first-order valence-corrected chi connectivity index (χ1v) is 11.4. The van der Waals surface area contributed by atoms with Gasteiger partial charge in [-0.3, -0.25) is 5.01 Å². The number of nitrogens with two attached hydrogens (primary N) is 1. The summed E-state index contributed by atoms with van der Waals surface area (Å²) in [6, 6.07) is 18.8. The van der Waals surface area contributed by atoms with Crippen LogP contribution in [0.2, 0.25) is 0 Å². The minimum Gasteiger partial charge on any atom is -0.329 e. The Balaban J connectivity index is 1.43. The zero-order valence-corrected chi connectivity index (χ0v) is 18.9. The van der Waals surface area contributed by atoms with E-state index in [1.807, 2.05) is 35.5 Å². The third-order valence-corrected chi connectivity index (χ3v) is 6.26. The number of unbranched alkanes of at least 4 members (excludes halogenated alkanes) is 1. The van der Waals surface area contributed by atoms with Crippen molar-refractivity contribution in [1.29, 1.82) is 0 Å². The van der Waals surface area contributed by atoms with E-state index in [1.54, 1.807) is 0 Å². The minimum atomic E-state index is 0.104. The number of H-pyrrole nitrogens is 1. The first kappa shape index (κ1) is 21.1. The lowest BCUT2D eigenvalue weighted by atomic mass is 9.98. The molecule has 2 aromatic heterocycles. The van der Waals surface area contributed by atoms with Gasteiger partial charge in [-0.1, -0.05) is 61.9 Å².